The van der Waals surface area contributed by atoms with Gasteiger partial charge in [0, 0.05) is 6.54 Å². The molecular formula is C12H22N2O3S. The molecule has 1 aliphatic heterocycles. The Morgan fingerprint density at radius 1 is 1.56 bits per heavy atom. The molecule has 1 saturated heterocycles. The second-order valence-corrected chi connectivity index (χ2v) is 5.81. The summed E-state index contributed by atoms with van der Waals surface area (Å²) in [5, 5.41) is 9.25. The van der Waals surface area contributed by atoms with Crippen LogP contribution in [0.25, 0.3) is 0 Å². The number of nitrogens with two attached hydrogens (primary N) is 1. The summed E-state index contributed by atoms with van der Waals surface area (Å²) in [6.45, 7) is 2.39. The maximum absolute atomic E-state index is 12.2. The third-order valence-corrected chi connectivity index (χ3v) is 4.06. The highest BCUT2D eigenvalue weighted by atomic mass is 32.2. The summed E-state index contributed by atoms with van der Waals surface area (Å²) in [6.07, 6.45) is 4.25. The van der Waals surface area contributed by atoms with E-state index in [0.717, 1.165) is 18.6 Å². The second-order valence-electron chi connectivity index (χ2n) is 4.82. The number of thioether (sulfide) groups is 1. The van der Waals surface area contributed by atoms with Crippen LogP contribution in [0.4, 0.5) is 0 Å². The third-order valence-electron chi connectivity index (χ3n) is 3.42. The van der Waals surface area contributed by atoms with Gasteiger partial charge in [-0.1, -0.05) is 6.92 Å². The van der Waals surface area contributed by atoms with Gasteiger partial charge in [-0.25, -0.2) is 4.79 Å². The van der Waals surface area contributed by atoms with Crippen LogP contribution in [0.2, 0.25) is 0 Å². The highest BCUT2D eigenvalue weighted by Crippen LogP contribution is 2.24. The van der Waals surface area contributed by atoms with Crippen molar-refractivity contribution in [3.63, 3.8) is 0 Å². The zero-order valence-electron chi connectivity index (χ0n) is 11.0. The van der Waals surface area contributed by atoms with Gasteiger partial charge < -0.3 is 15.7 Å². The van der Waals surface area contributed by atoms with E-state index in [-0.39, 0.29) is 11.8 Å². The summed E-state index contributed by atoms with van der Waals surface area (Å²) >= 11 is 1.63. The number of rotatable bonds is 5. The standard InChI is InChI=1S/C12H22N2O3S/c1-8-4-3-6-14(10(8)12(16)17)11(15)9(13)5-7-18-2/h8-10H,3-7,13H2,1-2H3,(H,16,17)/t8?,9-,10?/m1/s1. The number of piperidine rings is 1. The van der Waals surface area contributed by atoms with E-state index in [0.29, 0.717) is 13.0 Å². The first kappa shape index (κ1) is 15.3. The number of aliphatic carboxylic acids is 1. The Labute approximate surface area is 112 Å². The fraction of sp³-hybridized carbons (Fsp3) is 0.833. The summed E-state index contributed by atoms with van der Waals surface area (Å²) < 4.78 is 0. The number of carboxylic acids is 1. The first-order valence-corrected chi connectivity index (χ1v) is 7.66. The lowest BCUT2D eigenvalue weighted by molar-refractivity contribution is -0.155. The fourth-order valence-corrected chi connectivity index (χ4v) is 2.88. The molecule has 1 amide bonds. The molecule has 5 nitrogen and oxygen atoms in total. The first-order chi connectivity index (χ1) is 8.49. The minimum Gasteiger partial charge on any atom is -0.480 e. The van der Waals surface area contributed by atoms with Crippen molar-refractivity contribution in [1.82, 2.24) is 4.90 Å². The Hall–Kier alpha value is -0.750. The topological polar surface area (TPSA) is 83.6 Å². The number of hydrogen-bond donors (Lipinski definition) is 2. The normalized spacial score (nSPS) is 25.8. The Morgan fingerprint density at radius 2 is 2.22 bits per heavy atom. The van der Waals surface area contributed by atoms with Gasteiger partial charge in [-0.15, -0.1) is 0 Å². The molecule has 18 heavy (non-hydrogen) atoms. The lowest BCUT2D eigenvalue weighted by Crippen LogP contribution is -2.56. The van der Waals surface area contributed by atoms with Crippen molar-refractivity contribution in [1.29, 1.82) is 0 Å². The molecule has 0 aliphatic carbocycles. The molecule has 0 spiro atoms. The number of nitrogens with zero attached hydrogens (tertiary/aromatic N) is 1. The van der Waals surface area contributed by atoms with E-state index in [9.17, 15) is 14.7 Å². The van der Waals surface area contributed by atoms with Crippen LogP contribution in [0.15, 0.2) is 0 Å². The van der Waals surface area contributed by atoms with E-state index in [4.69, 9.17) is 5.73 Å². The van der Waals surface area contributed by atoms with E-state index in [2.05, 4.69) is 0 Å². The molecule has 1 heterocycles. The van der Waals surface area contributed by atoms with Crippen LogP contribution in [-0.4, -0.2) is 52.5 Å². The number of likely N-dealkylation sites (tertiary alicyclic amines) is 1. The number of carbonyl (C=O) groups excluding carboxylic acids is 1. The van der Waals surface area contributed by atoms with Crippen molar-refractivity contribution in [3.05, 3.63) is 0 Å². The van der Waals surface area contributed by atoms with Crippen molar-refractivity contribution in [3.8, 4) is 0 Å². The van der Waals surface area contributed by atoms with Crippen LogP contribution < -0.4 is 5.73 Å². The zero-order valence-corrected chi connectivity index (χ0v) is 11.8. The molecule has 1 aliphatic rings. The highest BCUT2D eigenvalue weighted by Gasteiger charge is 2.38. The molecule has 0 radical (unpaired) electrons. The molecule has 0 aromatic rings. The summed E-state index contributed by atoms with van der Waals surface area (Å²) in [5.41, 5.74) is 5.84. The number of hydrogen-bond acceptors (Lipinski definition) is 4. The lowest BCUT2D eigenvalue weighted by atomic mass is 9.90. The highest BCUT2D eigenvalue weighted by molar-refractivity contribution is 7.98. The maximum Gasteiger partial charge on any atom is 0.326 e. The SMILES string of the molecule is CSCC[C@@H](N)C(=O)N1CCCC(C)C1C(=O)O. The number of carboxylic acid groups (broad SMARTS) is 1. The van der Waals surface area contributed by atoms with Gasteiger partial charge in [-0.2, -0.15) is 11.8 Å². The largest absolute Gasteiger partial charge is 0.480 e. The van der Waals surface area contributed by atoms with Gasteiger partial charge in [0.15, 0.2) is 0 Å². The van der Waals surface area contributed by atoms with E-state index in [1.54, 1.807) is 11.8 Å². The quantitative estimate of drug-likeness (QED) is 0.774. The molecule has 0 saturated carbocycles. The Morgan fingerprint density at radius 3 is 2.78 bits per heavy atom. The minimum atomic E-state index is -0.924. The van der Waals surface area contributed by atoms with E-state index in [1.165, 1.54) is 4.90 Å². The van der Waals surface area contributed by atoms with Crippen molar-refractivity contribution in [2.24, 2.45) is 11.7 Å². The maximum atomic E-state index is 12.2. The first-order valence-electron chi connectivity index (χ1n) is 6.26. The van der Waals surface area contributed by atoms with Crippen molar-refractivity contribution < 1.29 is 14.7 Å². The minimum absolute atomic E-state index is 0.00653. The van der Waals surface area contributed by atoms with Gasteiger partial charge in [-0.3, -0.25) is 4.79 Å². The van der Waals surface area contributed by atoms with Crippen LogP contribution in [0, 0.1) is 5.92 Å². The summed E-state index contributed by atoms with van der Waals surface area (Å²) in [5.74, 6) is -0.336. The summed E-state index contributed by atoms with van der Waals surface area (Å²) in [6, 6.07) is -1.30. The fourth-order valence-electron chi connectivity index (χ4n) is 2.39. The molecule has 3 atom stereocenters. The molecule has 0 bridgehead atoms. The van der Waals surface area contributed by atoms with Crippen LogP contribution in [0.5, 0.6) is 0 Å². The predicted molar refractivity (Wildman–Crippen MR) is 72.5 cm³/mol. The van der Waals surface area contributed by atoms with Gasteiger partial charge in [0.2, 0.25) is 5.91 Å². The van der Waals surface area contributed by atoms with Crippen LogP contribution in [0.1, 0.15) is 26.2 Å². The zero-order chi connectivity index (χ0) is 13.7. The molecule has 3 N–H and O–H groups in total. The molecule has 2 unspecified atom stereocenters. The lowest BCUT2D eigenvalue weighted by Gasteiger charge is -2.38. The van der Waals surface area contributed by atoms with Gasteiger partial charge in [0.1, 0.15) is 6.04 Å². The van der Waals surface area contributed by atoms with Crippen molar-refractivity contribution in [2.75, 3.05) is 18.6 Å². The van der Waals surface area contributed by atoms with Crippen molar-refractivity contribution in [2.45, 2.75) is 38.3 Å². The number of amides is 1. The van der Waals surface area contributed by atoms with Crippen LogP contribution >= 0.6 is 11.8 Å². The van der Waals surface area contributed by atoms with Crippen molar-refractivity contribution >= 4 is 23.6 Å². The van der Waals surface area contributed by atoms with Gasteiger partial charge in [-0.05, 0) is 37.2 Å². The Bertz CT molecular complexity index is 312. The smallest absolute Gasteiger partial charge is 0.326 e. The molecule has 1 rings (SSSR count). The average molecular weight is 274 g/mol. The van der Waals surface area contributed by atoms with E-state index >= 15 is 0 Å². The summed E-state index contributed by atoms with van der Waals surface area (Å²) in [4.78, 5) is 24.9. The number of carbonyl (C=O) groups is 2. The van der Waals surface area contributed by atoms with E-state index < -0.39 is 18.1 Å². The van der Waals surface area contributed by atoms with Gasteiger partial charge in [0.25, 0.3) is 0 Å². The average Bonchev–Trinajstić information content (AvgIpc) is 2.34. The molecule has 6 heteroatoms. The third kappa shape index (κ3) is 3.62. The molecular weight excluding hydrogens is 252 g/mol. The molecule has 1 fully saturated rings. The van der Waals surface area contributed by atoms with Crippen LogP contribution in [0.3, 0.4) is 0 Å². The molecule has 0 aromatic heterocycles. The van der Waals surface area contributed by atoms with Gasteiger partial charge in [0.05, 0.1) is 6.04 Å². The molecule has 0 aromatic carbocycles. The monoisotopic (exact) mass is 274 g/mol. The van der Waals surface area contributed by atoms with Gasteiger partial charge >= 0.3 is 5.97 Å². The molecule has 104 valence electrons. The summed E-state index contributed by atoms with van der Waals surface area (Å²) in [7, 11) is 0. The Kier molecular flexibility index (Phi) is 5.95. The second kappa shape index (κ2) is 6.99. The van der Waals surface area contributed by atoms with Crippen LogP contribution in [-0.2, 0) is 9.59 Å². The Balaban J connectivity index is 2.71. The predicted octanol–water partition coefficient (Wildman–Crippen LogP) is 0.778. The van der Waals surface area contributed by atoms with E-state index in [1.807, 2.05) is 13.2 Å².